The molecule has 0 aromatic heterocycles. The maximum Gasteiger partial charge on any atom is 0.256 e. The van der Waals surface area contributed by atoms with E-state index in [2.05, 4.69) is 5.32 Å². The van der Waals surface area contributed by atoms with Crippen LogP contribution in [0.1, 0.15) is 15.9 Å². The summed E-state index contributed by atoms with van der Waals surface area (Å²) < 4.78 is 13.1. The first-order valence-electron chi connectivity index (χ1n) is 5.71. The zero-order valence-electron chi connectivity index (χ0n) is 10.5. The molecule has 2 aromatic carbocycles. The first kappa shape index (κ1) is 14.6. The van der Waals surface area contributed by atoms with Gasteiger partial charge >= 0.3 is 0 Å². The van der Waals surface area contributed by atoms with Crippen LogP contribution in [0.5, 0.6) is 0 Å². The van der Waals surface area contributed by atoms with Gasteiger partial charge < -0.3 is 11.1 Å². The summed E-state index contributed by atoms with van der Waals surface area (Å²) in [7, 11) is 0. The molecule has 0 aliphatic heterocycles. The quantitative estimate of drug-likeness (QED) is 0.813. The van der Waals surface area contributed by atoms with Gasteiger partial charge in [0.25, 0.3) is 5.91 Å². The van der Waals surface area contributed by atoms with Crippen LogP contribution in [0.25, 0.3) is 0 Å². The highest BCUT2D eigenvalue weighted by Gasteiger charge is 2.15. The number of anilines is 2. The lowest BCUT2D eigenvalue weighted by atomic mass is 10.1. The molecular weight excluding hydrogens is 302 g/mol. The Balaban J connectivity index is 2.36. The van der Waals surface area contributed by atoms with Crippen molar-refractivity contribution in [3.05, 3.63) is 57.3 Å². The van der Waals surface area contributed by atoms with Crippen LogP contribution in [-0.2, 0) is 0 Å². The van der Waals surface area contributed by atoms with E-state index in [4.69, 9.17) is 28.9 Å². The minimum Gasteiger partial charge on any atom is -0.398 e. The molecule has 2 rings (SSSR count). The largest absolute Gasteiger partial charge is 0.398 e. The van der Waals surface area contributed by atoms with Crippen LogP contribution < -0.4 is 11.1 Å². The molecule has 0 heterocycles. The molecule has 3 N–H and O–H groups in total. The lowest BCUT2D eigenvalue weighted by Crippen LogP contribution is -2.14. The third-order valence-corrected chi connectivity index (χ3v) is 3.46. The lowest BCUT2D eigenvalue weighted by molar-refractivity contribution is 0.102. The van der Waals surface area contributed by atoms with Crippen molar-refractivity contribution in [3.8, 4) is 0 Å². The fraction of sp³-hybridized carbons (Fsp3) is 0.0714. The third kappa shape index (κ3) is 2.86. The number of carbonyl (C=O) groups is 1. The molecule has 20 heavy (non-hydrogen) atoms. The van der Waals surface area contributed by atoms with Crippen molar-refractivity contribution >= 4 is 40.5 Å². The van der Waals surface area contributed by atoms with Gasteiger partial charge in [-0.05, 0) is 36.8 Å². The van der Waals surface area contributed by atoms with Gasteiger partial charge in [0.15, 0.2) is 0 Å². The highest BCUT2D eigenvalue weighted by atomic mass is 35.5. The fourth-order valence-electron chi connectivity index (χ4n) is 1.74. The van der Waals surface area contributed by atoms with Crippen LogP contribution in [-0.4, -0.2) is 5.91 Å². The van der Waals surface area contributed by atoms with Gasteiger partial charge in [-0.25, -0.2) is 4.39 Å². The Morgan fingerprint density at radius 1 is 1.25 bits per heavy atom. The minimum absolute atomic E-state index is 0.0323. The molecule has 104 valence electrons. The average Bonchev–Trinajstić information content (AvgIpc) is 2.36. The number of hydrogen-bond donors (Lipinski definition) is 2. The van der Waals surface area contributed by atoms with E-state index in [0.717, 1.165) is 12.1 Å². The Hall–Kier alpha value is -1.78. The number of nitrogen functional groups attached to an aromatic ring is 1. The molecule has 0 spiro atoms. The van der Waals surface area contributed by atoms with Crippen molar-refractivity contribution in [2.75, 3.05) is 11.1 Å². The van der Waals surface area contributed by atoms with E-state index in [-0.39, 0.29) is 15.7 Å². The summed E-state index contributed by atoms with van der Waals surface area (Å²) in [6.45, 7) is 1.73. The Morgan fingerprint density at radius 2 is 1.85 bits per heavy atom. The standard InChI is InChI=1S/C14H11Cl2FN2O/c1-7-9(3-2-4-12(7)18)14(20)19-13-10(15)5-8(17)6-11(13)16/h2-6H,18H2,1H3,(H,19,20). The molecular formula is C14H11Cl2FN2O. The Morgan fingerprint density at radius 3 is 2.45 bits per heavy atom. The normalized spacial score (nSPS) is 10.4. The van der Waals surface area contributed by atoms with Crippen molar-refractivity contribution < 1.29 is 9.18 Å². The number of benzene rings is 2. The molecule has 0 radical (unpaired) electrons. The molecule has 0 saturated heterocycles. The second-order valence-corrected chi connectivity index (χ2v) is 5.03. The van der Waals surface area contributed by atoms with Crippen molar-refractivity contribution in [3.63, 3.8) is 0 Å². The molecule has 0 aliphatic carbocycles. The summed E-state index contributed by atoms with van der Waals surface area (Å²) in [5.74, 6) is -0.983. The molecule has 1 amide bonds. The predicted octanol–water partition coefficient (Wildman–Crippen LogP) is 4.28. The van der Waals surface area contributed by atoms with Crippen molar-refractivity contribution in [1.29, 1.82) is 0 Å². The maximum atomic E-state index is 13.1. The topological polar surface area (TPSA) is 55.1 Å². The fourth-order valence-corrected chi connectivity index (χ4v) is 2.30. The van der Waals surface area contributed by atoms with Gasteiger partial charge in [-0.2, -0.15) is 0 Å². The van der Waals surface area contributed by atoms with E-state index >= 15 is 0 Å². The summed E-state index contributed by atoms with van der Waals surface area (Å²) in [4.78, 5) is 12.2. The summed E-state index contributed by atoms with van der Waals surface area (Å²) in [6.07, 6.45) is 0. The van der Waals surface area contributed by atoms with E-state index in [0.29, 0.717) is 16.8 Å². The Bertz CT molecular complexity index is 666. The highest BCUT2D eigenvalue weighted by molar-refractivity contribution is 6.40. The number of hydrogen-bond acceptors (Lipinski definition) is 2. The molecule has 6 heteroatoms. The summed E-state index contributed by atoms with van der Waals surface area (Å²) in [5, 5.41) is 2.63. The van der Waals surface area contributed by atoms with Crippen molar-refractivity contribution in [1.82, 2.24) is 0 Å². The Labute approximate surface area is 125 Å². The number of nitrogens with one attached hydrogen (secondary N) is 1. The number of halogens is 3. The molecule has 2 aromatic rings. The first-order chi connectivity index (χ1) is 9.40. The summed E-state index contributed by atoms with van der Waals surface area (Å²) in [5.41, 5.74) is 7.48. The smallest absolute Gasteiger partial charge is 0.256 e. The Kier molecular flexibility index (Phi) is 4.16. The summed E-state index contributed by atoms with van der Waals surface area (Å²) >= 11 is 11.7. The van der Waals surface area contributed by atoms with Gasteiger partial charge in [-0.3, -0.25) is 4.79 Å². The minimum atomic E-state index is -0.571. The monoisotopic (exact) mass is 312 g/mol. The second kappa shape index (κ2) is 5.69. The average molecular weight is 313 g/mol. The number of nitrogens with two attached hydrogens (primary N) is 1. The maximum absolute atomic E-state index is 13.1. The molecule has 0 saturated carbocycles. The number of rotatable bonds is 2. The van der Waals surface area contributed by atoms with E-state index in [1.54, 1.807) is 25.1 Å². The molecule has 0 aliphatic rings. The molecule has 0 atom stereocenters. The van der Waals surface area contributed by atoms with Crippen LogP contribution in [0, 0.1) is 12.7 Å². The van der Waals surface area contributed by atoms with Gasteiger partial charge in [-0.15, -0.1) is 0 Å². The predicted molar refractivity (Wildman–Crippen MR) is 80.0 cm³/mol. The van der Waals surface area contributed by atoms with E-state index in [1.165, 1.54) is 0 Å². The van der Waals surface area contributed by atoms with Crippen LogP contribution in [0.15, 0.2) is 30.3 Å². The zero-order chi connectivity index (χ0) is 14.9. The number of carbonyl (C=O) groups excluding carboxylic acids is 1. The van der Waals surface area contributed by atoms with Crippen molar-refractivity contribution in [2.24, 2.45) is 0 Å². The second-order valence-electron chi connectivity index (χ2n) is 4.22. The third-order valence-electron chi connectivity index (χ3n) is 2.87. The van der Waals surface area contributed by atoms with Crippen LogP contribution >= 0.6 is 23.2 Å². The first-order valence-corrected chi connectivity index (χ1v) is 6.46. The van der Waals surface area contributed by atoms with Crippen LogP contribution in [0.2, 0.25) is 10.0 Å². The number of amides is 1. The lowest BCUT2D eigenvalue weighted by Gasteiger charge is -2.12. The highest BCUT2D eigenvalue weighted by Crippen LogP contribution is 2.32. The van der Waals surface area contributed by atoms with E-state index < -0.39 is 11.7 Å². The van der Waals surface area contributed by atoms with Gasteiger partial charge in [0.05, 0.1) is 15.7 Å². The SMILES string of the molecule is Cc1c(N)cccc1C(=O)Nc1c(Cl)cc(F)cc1Cl. The van der Waals surface area contributed by atoms with Crippen molar-refractivity contribution in [2.45, 2.75) is 6.92 Å². The van der Waals surface area contributed by atoms with Crippen LogP contribution in [0.4, 0.5) is 15.8 Å². The van der Waals surface area contributed by atoms with Gasteiger partial charge in [-0.1, -0.05) is 29.3 Å². The molecule has 0 bridgehead atoms. The molecule has 3 nitrogen and oxygen atoms in total. The van der Waals surface area contributed by atoms with Gasteiger partial charge in [0.2, 0.25) is 0 Å². The zero-order valence-corrected chi connectivity index (χ0v) is 12.0. The van der Waals surface area contributed by atoms with Gasteiger partial charge in [0.1, 0.15) is 5.82 Å². The van der Waals surface area contributed by atoms with Crippen LogP contribution in [0.3, 0.4) is 0 Å². The summed E-state index contributed by atoms with van der Waals surface area (Å²) in [6, 6.07) is 7.16. The molecule has 0 fully saturated rings. The van der Waals surface area contributed by atoms with Gasteiger partial charge in [0, 0.05) is 11.3 Å². The molecule has 0 unspecified atom stereocenters. The van der Waals surface area contributed by atoms with E-state index in [1.807, 2.05) is 0 Å². The van der Waals surface area contributed by atoms with E-state index in [9.17, 15) is 9.18 Å².